The van der Waals surface area contributed by atoms with Crippen LogP contribution < -0.4 is 5.32 Å². The van der Waals surface area contributed by atoms with Gasteiger partial charge in [-0.05, 0) is 43.6 Å². The fraction of sp³-hybridized carbons (Fsp3) is 0.556. The highest BCUT2D eigenvalue weighted by atomic mass is 35.5. The Morgan fingerprint density at radius 1 is 1.58 bits per heavy atom. The lowest BCUT2D eigenvalue weighted by Gasteiger charge is -2.10. The molecular formula is C9H12ClNO. The van der Waals surface area contributed by atoms with Crippen molar-refractivity contribution in [2.24, 2.45) is 0 Å². The number of halogens is 1. The minimum Gasteiger partial charge on any atom is -0.450 e. The second-order valence-electron chi connectivity index (χ2n) is 3.41. The van der Waals surface area contributed by atoms with Crippen molar-refractivity contribution in [3.63, 3.8) is 0 Å². The van der Waals surface area contributed by atoms with Crippen molar-refractivity contribution in [2.45, 2.75) is 24.8 Å². The summed E-state index contributed by atoms with van der Waals surface area (Å²) in [5.41, 5.74) is 0.307. The van der Waals surface area contributed by atoms with Crippen molar-refractivity contribution >= 4 is 11.6 Å². The van der Waals surface area contributed by atoms with Gasteiger partial charge in [-0.25, -0.2) is 0 Å². The SMILES string of the molecule is CNC1(Cc2ccc(Cl)o2)CC1. The lowest BCUT2D eigenvalue weighted by molar-refractivity contribution is 0.450. The van der Waals surface area contributed by atoms with Crippen LogP contribution >= 0.6 is 11.6 Å². The lowest BCUT2D eigenvalue weighted by atomic mass is 10.1. The van der Waals surface area contributed by atoms with Crippen LogP contribution in [0.5, 0.6) is 0 Å². The van der Waals surface area contributed by atoms with Gasteiger partial charge < -0.3 is 9.73 Å². The van der Waals surface area contributed by atoms with Gasteiger partial charge in [-0.15, -0.1) is 0 Å². The van der Waals surface area contributed by atoms with E-state index in [4.69, 9.17) is 16.0 Å². The third-order valence-electron chi connectivity index (χ3n) is 2.53. The van der Waals surface area contributed by atoms with Crippen molar-refractivity contribution in [3.8, 4) is 0 Å². The maximum Gasteiger partial charge on any atom is 0.193 e. The van der Waals surface area contributed by atoms with Gasteiger partial charge in [0.15, 0.2) is 5.22 Å². The maximum absolute atomic E-state index is 5.67. The van der Waals surface area contributed by atoms with Crippen molar-refractivity contribution in [3.05, 3.63) is 23.1 Å². The summed E-state index contributed by atoms with van der Waals surface area (Å²) < 4.78 is 5.29. The van der Waals surface area contributed by atoms with Gasteiger partial charge in [-0.3, -0.25) is 0 Å². The molecule has 66 valence electrons. The van der Waals surface area contributed by atoms with Crippen LogP contribution in [0.3, 0.4) is 0 Å². The molecule has 2 rings (SSSR count). The molecule has 1 aromatic heterocycles. The highest BCUT2D eigenvalue weighted by Gasteiger charge is 2.41. The Balaban J connectivity index is 2.04. The van der Waals surface area contributed by atoms with Gasteiger partial charge in [0.1, 0.15) is 5.76 Å². The fourth-order valence-corrected chi connectivity index (χ4v) is 1.61. The fourth-order valence-electron chi connectivity index (χ4n) is 1.45. The minimum atomic E-state index is 0.307. The molecule has 0 unspecified atom stereocenters. The summed E-state index contributed by atoms with van der Waals surface area (Å²) >= 11 is 5.67. The minimum absolute atomic E-state index is 0.307. The Morgan fingerprint density at radius 2 is 2.33 bits per heavy atom. The average Bonchev–Trinajstić information content (AvgIpc) is 2.71. The molecule has 12 heavy (non-hydrogen) atoms. The van der Waals surface area contributed by atoms with E-state index in [0.717, 1.165) is 12.2 Å². The molecule has 0 saturated heterocycles. The first-order valence-corrected chi connectivity index (χ1v) is 4.55. The molecule has 0 aliphatic heterocycles. The average molecular weight is 186 g/mol. The molecule has 1 N–H and O–H groups in total. The smallest absolute Gasteiger partial charge is 0.193 e. The third kappa shape index (κ3) is 1.50. The highest BCUT2D eigenvalue weighted by Crippen LogP contribution is 2.38. The molecule has 1 aliphatic carbocycles. The molecule has 3 heteroatoms. The van der Waals surface area contributed by atoms with Crippen LogP contribution in [-0.4, -0.2) is 12.6 Å². The van der Waals surface area contributed by atoms with Crippen molar-refractivity contribution in [2.75, 3.05) is 7.05 Å². The topological polar surface area (TPSA) is 25.2 Å². The van der Waals surface area contributed by atoms with Gasteiger partial charge in [-0.2, -0.15) is 0 Å². The Hall–Kier alpha value is -0.470. The molecular weight excluding hydrogens is 174 g/mol. The Bertz CT molecular complexity index is 278. The predicted octanol–water partition coefficient (Wildman–Crippen LogP) is 2.23. The summed E-state index contributed by atoms with van der Waals surface area (Å²) in [5.74, 6) is 0.979. The Morgan fingerprint density at radius 3 is 2.75 bits per heavy atom. The zero-order valence-electron chi connectivity index (χ0n) is 7.06. The summed E-state index contributed by atoms with van der Waals surface area (Å²) in [5, 5.41) is 3.79. The number of rotatable bonds is 3. The monoisotopic (exact) mass is 185 g/mol. The second kappa shape index (κ2) is 2.79. The number of nitrogens with one attached hydrogen (secondary N) is 1. The molecule has 0 atom stereocenters. The Labute approximate surface area is 76.9 Å². The van der Waals surface area contributed by atoms with Crippen LogP contribution in [0.2, 0.25) is 5.22 Å². The van der Waals surface area contributed by atoms with Gasteiger partial charge in [0.2, 0.25) is 0 Å². The standard InChI is InChI=1S/C9H12ClNO/c1-11-9(4-5-9)6-7-2-3-8(10)12-7/h2-3,11H,4-6H2,1H3. The van der Waals surface area contributed by atoms with E-state index in [0.29, 0.717) is 10.8 Å². The van der Waals surface area contributed by atoms with Crippen molar-refractivity contribution in [1.29, 1.82) is 0 Å². The summed E-state index contributed by atoms with van der Waals surface area (Å²) in [6, 6.07) is 3.74. The summed E-state index contributed by atoms with van der Waals surface area (Å²) in [4.78, 5) is 0. The largest absolute Gasteiger partial charge is 0.450 e. The van der Waals surface area contributed by atoms with E-state index in [1.165, 1.54) is 12.8 Å². The molecule has 0 amide bonds. The van der Waals surface area contributed by atoms with Crippen molar-refractivity contribution < 1.29 is 4.42 Å². The zero-order chi connectivity index (χ0) is 8.60. The number of hydrogen-bond acceptors (Lipinski definition) is 2. The van der Waals surface area contributed by atoms with Crippen LogP contribution in [0.15, 0.2) is 16.5 Å². The van der Waals surface area contributed by atoms with E-state index >= 15 is 0 Å². The molecule has 1 aliphatic rings. The molecule has 2 nitrogen and oxygen atoms in total. The normalized spacial score (nSPS) is 19.5. The molecule has 1 heterocycles. The molecule has 0 spiro atoms. The second-order valence-corrected chi connectivity index (χ2v) is 3.79. The predicted molar refractivity (Wildman–Crippen MR) is 48.4 cm³/mol. The summed E-state index contributed by atoms with van der Waals surface area (Å²) in [7, 11) is 2.00. The van der Waals surface area contributed by atoms with Crippen LogP contribution in [0.4, 0.5) is 0 Å². The van der Waals surface area contributed by atoms with E-state index in [2.05, 4.69) is 5.32 Å². The highest BCUT2D eigenvalue weighted by molar-refractivity contribution is 6.28. The maximum atomic E-state index is 5.67. The van der Waals surface area contributed by atoms with Crippen LogP contribution in [-0.2, 0) is 6.42 Å². The van der Waals surface area contributed by atoms with Crippen LogP contribution in [0.1, 0.15) is 18.6 Å². The first-order chi connectivity index (χ1) is 5.74. The molecule has 0 aromatic carbocycles. The molecule has 1 fully saturated rings. The van der Waals surface area contributed by atoms with E-state index in [-0.39, 0.29) is 0 Å². The van der Waals surface area contributed by atoms with E-state index in [1.807, 2.05) is 13.1 Å². The number of hydrogen-bond donors (Lipinski definition) is 1. The molecule has 0 bridgehead atoms. The van der Waals surface area contributed by atoms with Crippen LogP contribution in [0, 0.1) is 0 Å². The van der Waals surface area contributed by atoms with Gasteiger partial charge in [-0.1, -0.05) is 0 Å². The van der Waals surface area contributed by atoms with E-state index in [9.17, 15) is 0 Å². The third-order valence-corrected chi connectivity index (χ3v) is 2.73. The quantitative estimate of drug-likeness (QED) is 0.782. The Kier molecular flexibility index (Phi) is 1.89. The van der Waals surface area contributed by atoms with Gasteiger partial charge in [0, 0.05) is 12.0 Å². The first kappa shape index (κ1) is 8.14. The van der Waals surface area contributed by atoms with E-state index < -0.39 is 0 Å². The number of likely N-dealkylation sites (N-methyl/N-ethyl adjacent to an activating group) is 1. The zero-order valence-corrected chi connectivity index (χ0v) is 7.82. The summed E-state index contributed by atoms with van der Waals surface area (Å²) in [6.45, 7) is 0. The van der Waals surface area contributed by atoms with Gasteiger partial charge in [0.05, 0.1) is 0 Å². The van der Waals surface area contributed by atoms with Crippen LogP contribution in [0.25, 0.3) is 0 Å². The molecule has 0 radical (unpaired) electrons. The molecule has 1 saturated carbocycles. The summed E-state index contributed by atoms with van der Waals surface area (Å²) in [6.07, 6.45) is 3.43. The van der Waals surface area contributed by atoms with Gasteiger partial charge >= 0.3 is 0 Å². The van der Waals surface area contributed by atoms with Crippen molar-refractivity contribution in [1.82, 2.24) is 5.32 Å². The van der Waals surface area contributed by atoms with E-state index in [1.54, 1.807) is 6.07 Å². The lowest BCUT2D eigenvalue weighted by Crippen LogP contribution is -2.29. The first-order valence-electron chi connectivity index (χ1n) is 4.17. The number of furan rings is 1. The molecule has 1 aromatic rings. The van der Waals surface area contributed by atoms with Gasteiger partial charge in [0.25, 0.3) is 0 Å².